The fourth-order valence-corrected chi connectivity index (χ4v) is 2.59. The fraction of sp³-hybridized carbons (Fsp3) is 0.0714. The third-order valence-electron chi connectivity index (χ3n) is 2.73. The van der Waals surface area contributed by atoms with Crippen LogP contribution in [0, 0.1) is 5.82 Å². The summed E-state index contributed by atoms with van der Waals surface area (Å²) in [6.07, 6.45) is 5.33. The molecule has 0 bridgehead atoms. The Balaban J connectivity index is 1.96. The summed E-state index contributed by atoms with van der Waals surface area (Å²) < 4.78 is 14.8. The molecule has 1 aliphatic heterocycles. The molecule has 1 aromatic heterocycles. The Hall–Kier alpha value is -2.41. The lowest BCUT2D eigenvalue weighted by atomic mass is 10.3. The molecule has 0 atom stereocenters. The molecule has 2 aromatic rings. The smallest absolute Gasteiger partial charge is 0.289 e. The van der Waals surface area contributed by atoms with Crippen LogP contribution in [0.1, 0.15) is 5.56 Å². The van der Waals surface area contributed by atoms with Crippen LogP contribution in [0.4, 0.5) is 14.9 Å². The summed E-state index contributed by atoms with van der Waals surface area (Å²) in [5.41, 5.74) is 1.31. The number of hydrogen-bond donors (Lipinski definition) is 1. The van der Waals surface area contributed by atoms with Crippen molar-refractivity contribution in [2.24, 2.45) is 12.0 Å². The molecule has 1 aromatic carbocycles. The van der Waals surface area contributed by atoms with E-state index in [1.165, 1.54) is 12.1 Å². The number of benzene rings is 1. The number of aliphatic imine (C=N–C) groups is 1. The van der Waals surface area contributed by atoms with Crippen molar-refractivity contribution >= 4 is 34.6 Å². The average molecular weight is 302 g/mol. The average Bonchev–Trinajstić information content (AvgIpc) is 2.97. The molecule has 0 spiro atoms. The molecule has 21 heavy (non-hydrogen) atoms. The molecular weight excluding hydrogens is 291 g/mol. The second-order valence-corrected chi connectivity index (χ2v) is 5.43. The number of nitrogens with one attached hydrogen (secondary N) is 1. The normalized spacial score (nSPS) is 18.5. The maximum atomic E-state index is 13.2. The zero-order valence-corrected chi connectivity index (χ0v) is 11.9. The van der Waals surface area contributed by atoms with Gasteiger partial charge in [-0.15, -0.1) is 0 Å². The summed E-state index contributed by atoms with van der Waals surface area (Å²) in [5, 5.41) is 6.51. The van der Waals surface area contributed by atoms with E-state index in [1.54, 1.807) is 23.0 Å². The Morgan fingerprint density at radius 2 is 2.33 bits per heavy atom. The van der Waals surface area contributed by atoms with E-state index < -0.39 is 0 Å². The predicted octanol–water partition coefficient (Wildman–Crippen LogP) is 3.09. The van der Waals surface area contributed by atoms with Crippen molar-refractivity contribution < 1.29 is 9.18 Å². The van der Waals surface area contributed by atoms with E-state index >= 15 is 0 Å². The van der Waals surface area contributed by atoms with E-state index in [2.05, 4.69) is 15.4 Å². The summed E-state index contributed by atoms with van der Waals surface area (Å²) in [4.78, 5) is 16.5. The van der Waals surface area contributed by atoms with Gasteiger partial charge in [-0.25, -0.2) is 9.38 Å². The highest BCUT2D eigenvalue weighted by atomic mass is 32.2. The van der Waals surface area contributed by atoms with Gasteiger partial charge in [0, 0.05) is 18.8 Å². The topological polar surface area (TPSA) is 59.3 Å². The molecule has 0 radical (unpaired) electrons. The molecule has 2 heterocycles. The van der Waals surface area contributed by atoms with E-state index in [0.717, 1.165) is 17.3 Å². The van der Waals surface area contributed by atoms with Crippen molar-refractivity contribution in [1.82, 2.24) is 15.1 Å². The number of hydrogen-bond acceptors (Lipinski definition) is 4. The Bertz CT molecular complexity index is 766. The summed E-state index contributed by atoms with van der Waals surface area (Å²) in [6, 6.07) is 5.90. The van der Waals surface area contributed by atoms with Gasteiger partial charge >= 0.3 is 0 Å². The molecule has 106 valence electrons. The minimum atomic E-state index is -0.369. The number of aromatic nitrogens is 2. The SMILES string of the molecule is Cn1cc(/C=C2\SC(=O)NC2=Nc2cccc(F)c2)cn1. The van der Waals surface area contributed by atoms with Gasteiger partial charge in [-0.3, -0.25) is 9.48 Å². The van der Waals surface area contributed by atoms with Crippen LogP contribution < -0.4 is 5.32 Å². The molecule has 0 unspecified atom stereocenters. The van der Waals surface area contributed by atoms with E-state index in [-0.39, 0.29) is 11.1 Å². The van der Waals surface area contributed by atoms with Crippen molar-refractivity contribution in [2.75, 3.05) is 0 Å². The number of carbonyl (C=O) groups excluding carboxylic acids is 1. The fourth-order valence-electron chi connectivity index (χ4n) is 1.85. The molecule has 0 aliphatic carbocycles. The van der Waals surface area contributed by atoms with Gasteiger partial charge < -0.3 is 5.32 Å². The van der Waals surface area contributed by atoms with Gasteiger partial charge in [-0.1, -0.05) is 6.07 Å². The van der Waals surface area contributed by atoms with Crippen LogP contribution in [0.3, 0.4) is 0 Å². The van der Waals surface area contributed by atoms with Gasteiger partial charge in [0.25, 0.3) is 5.24 Å². The highest BCUT2D eigenvalue weighted by Gasteiger charge is 2.23. The largest absolute Gasteiger partial charge is 0.300 e. The second kappa shape index (κ2) is 5.53. The molecule has 3 rings (SSSR count). The van der Waals surface area contributed by atoms with Crippen molar-refractivity contribution in [3.63, 3.8) is 0 Å². The van der Waals surface area contributed by atoms with Gasteiger partial charge in [0.1, 0.15) is 11.7 Å². The number of thioether (sulfide) groups is 1. The van der Waals surface area contributed by atoms with Gasteiger partial charge in [-0.05, 0) is 36.0 Å². The number of rotatable bonds is 2. The number of amides is 1. The van der Waals surface area contributed by atoms with Crippen LogP contribution in [0.15, 0.2) is 46.6 Å². The van der Waals surface area contributed by atoms with Crippen molar-refractivity contribution in [2.45, 2.75) is 0 Å². The van der Waals surface area contributed by atoms with Crippen molar-refractivity contribution in [3.05, 3.63) is 52.9 Å². The molecular formula is C14H11FN4OS. The molecule has 5 nitrogen and oxygen atoms in total. The van der Waals surface area contributed by atoms with Crippen molar-refractivity contribution in [1.29, 1.82) is 0 Å². The van der Waals surface area contributed by atoms with Crippen LogP contribution in [0.25, 0.3) is 6.08 Å². The maximum Gasteiger partial charge on any atom is 0.289 e. The highest BCUT2D eigenvalue weighted by Crippen LogP contribution is 2.28. The molecule has 1 amide bonds. The minimum absolute atomic E-state index is 0.208. The zero-order chi connectivity index (χ0) is 14.8. The lowest BCUT2D eigenvalue weighted by molar-refractivity contribution is 0.265. The van der Waals surface area contributed by atoms with Crippen LogP contribution in [-0.2, 0) is 7.05 Å². The standard InChI is InChI=1S/C14H11FN4OS/c1-19-8-9(7-16-19)5-12-13(18-14(20)21-12)17-11-4-2-3-10(15)6-11/h2-8H,1H3,(H,17,18,20)/b12-5-. The quantitative estimate of drug-likeness (QED) is 0.927. The third kappa shape index (κ3) is 3.19. The van der Waals surface area contributed by atoms with E-state index in [9.17, 15) is 9.18 Å². The second-order valence-electron chi connectivity index (χ2n) is 4.41. The van der Waals surface area contributed by atoms with E-state index in [1.807, 2.05) is 19.3 Å². The van der Waals surface area contributed by atoms with Gasteiger partial charge in [0.2, 0.25) is 0 Å². The van der Waals surface area contributed by atoms with E-state index in [4.69, 9.17) is 0 Å². The number of nitrogens with zero attached hydrogens (tertiary/aromatic N) is 3. The molecule has 1 aliphatic rings. The van der Waals surface area contributed by atoms with Gasteiger partial charge in [-0.2, -0.15) is 5.10 Å². The summed E-state index contributed by atoms with van der Waals surface area (Å²) in [6.45, 7) is 0. The first-order valence-corrected chi connectivity index (χ1v) is 6.95. The van der Waals surface area contributed by atoms with Crippen LogP contribution in [0.5, 0.6) is 0 Å². The Morgan fingerprint density at radius 1 is 1.48 bits per heavy atom. The van der Waals surface area contributed by atoms with Crippen LogP contribution in [-0.4, -0.2) is 20.9 Å². The summed E-state index contributed by atoms with van der Waals surface area (Å²) >= 11 is 1.05. The number of aryl methyl sites for hydroxylation is 1. The zero-order valence-electron chi connectivity index (χ0n) is 11.1. The number of carbonyl (C=O) groups is 1. The lowest BCUT2D eigenvalue weighted by Crippen LogP contribution is -2.18. The first kappa shape index (κ1) is 13.6. The summed E-state index contributed by atoms with van der Waals surface area (Å²) in [5.74, 6) is 0.0473. The maximum absolute atomic E-state index is 13.2. The Labute approximate surface area is 124 Å². The highest BCUT2D eigenvalue weighted by molar-refractivity contribution is 8.18. The molecule has 0 saturated carbocycles. The molecule has 1 fully saturated rings. The monoisotopic (exact) mass is 302 g/mol. The molecule has 7 heteroatoms. The summed E-state index contributed by atoms with van der Waals surface area (Å²) in [7, 11) is 1.81. The first-order chi connectivity index (χ1) is 10.1. The van der Waals surface area contributed by atoms with Crippen LogP contribution >= 0.6 is 11.8 Å². The Morgan fingerprint density at radius 3 is 3.05 bits per heavy atom. The molecule has 1 saturated heterocycles. The van der Waals surface area contributed by atoms with Gasteiger partial charge in [0.15, 0.2) is 0 Å². The van der Waals surface area contributed by atoms with Crippen LogP contribution in [0.2, 0.25) is 0 Å². The first-order valence-electron chi connectivity index (χ1n) is 6.14. The third-order valence-corrected chi connectivity index (χ3v) is 3.55. The lowest BCUT2D eigenvalue weighted by Gasteiger charge is -1.99. The van der Waals surface area contributed by atoms with E-state index in [0.29, 0.717) is 16.4 Å². The predicted molar refractivity (Wildman–Crippen MR) is 80.8 cm³/mol. The van der Waals surface area contributed by atoms with Gasteiger partial charge in [0.05, 0.1) is 16.8 Å². The minimum Gasteiger partial charge on any atom is -0.300 e. The number of amidine groups is 1. The van der Waals surface area contributed by atoms with Crippen molar-refractivity contribution in [3.8, 4) is 0 Å². The Kier molecular flexibility index (Phi) is 3.57. The molecule has 1 N–H and O–H groups in total. The number of halogens is 1.